The summed E-state index contributed by atoms with van der Waals surface area (Å²) >= 11 is 3.61. The molecular formula is C21H28BrNO3. The molecule has 1 spiro atoms. The number of hydrogen-bond acceptors (Lipinski definition) is 3. The molecule has 142 valence electrons. The van der Waals surface area contributed by atoms with Gasteiger partial charge in [-0.3, -0.25) is 4.79 Å². The highest BCUT2D eigenvalue weighted by molar-refractivity contribution is 9.10. The van der Waals surface area contributed by atoms with Gasteiger partial charge in [0.25, 0.3) is 0 Å². The number of amides is 1. The van der Waals surface area contributed by atoms with Gasteiger partial charge in [0.05, 0.1) is 17.7 Å². The highest BCUT2D eigenvalue weighted by Gasteiger charge is 2.68. The predicted molar refractivity (Wildman–Crippen MR) is 104 cm³/mol. The van der Waals surface area contributed by atoms with Gasteiger partial charge >= 0.3 is 0 Å². The third kappa shape index (κ3) is 2.54. The van der Waals surface area contributed by atoms with E-state index in [4.69, 9.17) is 9.47 Å². The number of carbonyl (C=O) groups excluding carboxylic acids is 1. The molecule has 2 saturated carbocycles. The van der Waals surface area contributed by atoms with Crippen LogP contribution in [0.1, 0.15) is 51.7 Å². The average Bonchev–Trinajstić information content (AvgIpc) is 3.07. The van der Waals surface area contributed by atoms with E-state index < -0.39 is 0 Å². The van der Waals surface area contributed by atoms with Crippen LogP contribution in [0, 0.1) is 22.7 Å². The second-order valence-corrected chi connectivity index (χ2v) is 9.72. The zero-order chi connectivity index (χ0) is 18.7. The molecule has 3 fully saturated rings. The second kappa shape index (κ2) is 6.23. The molecule has 1 aliphatic heterocycles. The zero-order valence-corrected chi connectivity index (χ0v) is 17.6. The molecule has 4 nitrogen and oxygen atoms in total. The van der Waals surface area contributed by atoms with Crippen LogP contribution in [0.4, 0.5) is 0 Å². The van der Waals surface area contributed by atoms with Crippen molar-refractivity contribution in [2.45, 2.75) is 52.2 Å². The van der Waals surface area contributed by atoms with E-state index in [1.165, 1.54) is 18.4 Å². The van der Waals surface area contributed by atoms with E-state index in [2.05, 4.69) is 47.2 Å². The van der Waals surface area contributed by atoms with Crippen LogP contribution in [0.2, 0.25) is 0 Å². The van der Waals surface area contributed by atoms with E-state index in [0.717, 1.165) is 23.2 Å². The van der Waals surface area contributed by atoms with E-state index in [9.17, 15) is 4.79 Å². The number of fused-ring (bicyclic) bond motifs is 1. The fraction of sp³-hybridized carbons (Fsp3) is 0.667. The summed E-state index contributed by atoms with van der Waals surface area (Å²) in [6.45, 7) is 7.06. The van der Waals surface area contributed by atoms with Crippen LogP contribution in [0.3, 0.4) is 0 Å². The van der Waals surface area contributed by atoms with Gasteiger partial charge in [0.1, 0.15) is 5.75 Å². The Kier molecular flexibility index (Phi) is 4.39. The van der Waals surface area contributed by atoms with Crippen molar-refractivity contribution in [3.8, 4) is 5.75 Å². The van der Waals surface area contributed by atoms with Crippen LogP contribution < -0.4 is 10.1 Å². The Balaban J connectivity index is 1.70. The number of hydrogen-bond donors (Lipinski definition) is 1. The maximum atomic E-state index is 11.9. The summed E-state index contributed by atoms with van der Waals surface area (Å²) in [5, 5.41) is 3.33. The summed E-state index contributed by atoms with van der Waals surface area (Å²) in [5.74, 6) is 2.00. The van der Waals surface area contributed by atoms with Gasteiger partial charge < -0.3 is 14.8 Å². The molecule has 1 heterocycles. The Bertz CT molecular complexity index is 734. The van der Waals surface area contributed by atoms with Crippen molar-refractivity contribution < 1.29 is 14.3 Å². The topological polar surface area (TPSA) is 47.6 Å². The molecule has 3 aliphatic rings. The fourth-order valence-electron chi connectivity index (χ4n) is 6.18. The van der Waals surface area contributed by atoms with E-state index in [1.54, 1.807) is 14.0 Å². The maximum Gasteiger partial charge on any atom is 0.217 e. The lowest BCUT2D eigenvalue weighted by Crippen LogP contribution is -2.58. The Hall–Kier alpha value is -1.07. The molecule has 0 radical (unpaired) electrons. The van der Waals surface area contributed by atoms with E-state index in [0.29, 0.717) is 11.8 Å². The average molecular weight is 422 g/mol. The van der Waals surface area contributed by atoms with E-state index >= 15 is 0 Å². The van der Waals surface area contributed by atoms with Gasteiger partial charge in [0, 0.05) is 19.6 Å². The van der Waals surface area contributed by atoms with Crippen molar-refractivity contribution in [2.75, 3.05) is 13.7 Å². The predicted octanol–water partition coefficient (Wildman–Crippen LogP) is 4.48. The van der Waals surface area contributed by atoms with Crippen LogP contribution in [-0.4, -0.2) is 25.7 Å². The van der Waals surface area contributed by atoms with E-state index in [-0.39, 0.29) is 28.9 Å². The van der Waals surface area contributed by atoms with Gasteiger partial charge in [-0.25, -0.2) is 0 Å². The lowest BCUT2D eigenvalue weighted by atomic mass is 9.59. The van der Waals surface area contributed by atoms with Crippen molar-refractivity contribution in [1.29, 1.82) is 0 Å². The van der Waals surface area contributed by atoms with Crippen molar-refractivity contribution in [2.24, 2.45) is 22.7 Å². The third-order valence-corrected chi connectivity index (χ3v) is 7.98. The molecule has 1 aromatic carbocycles. The molecular weight excluding hydrogens is 394 g/mol. The number of carbonyl (C=O) groups is 1. The molecule has 0 aromatic heterocycles. The summed E-state index contributed by atoms with van der Waals surface area (Å²) in [7, 11) is 1.68. The van der Waals surface area contributed by atoms with Crippen LogP contribution in [0.25, 0.3) is 0 Å². The highest BCUT2D eigenvalue weighted by Crippen LogP contribution is 2.70. The number of methoxy groups -OCH3 is 1. The van der Waals surface area contributed by atoms with Crippen LogP contribution >= 0.6 is 15.9 Å². The first-order chi connectivity index (χ1) is 12.3. The summed E-state index contributed by atoms with van der Waals surface area (Å²) in [6, 6.07) is 6.49. The molecule has 26 heavy (non-hydrogen) atoms. The molecule has 1 saturated heterocycles. The first kappa shape index (κ1) is 18.3. The standard InChI is InChI=1S/C21H28BrNO3/c1-12(24)23-19-20(2,3)14-10-15-18(26-8-7-21(15,19)11-14)13-5-6-17(25-4)16(22)9-13/h5-6,9,14-15,18-19H,7-8,10-11H2,1-4H3,(H,23,24)/t14-,15-,18-,19-,21-/m1/s1. The van der Waals surface area contributed by atoms with Crippen LogP contribution in [0.5, 0.6) is 5.75 Å². The summed E-state index contributed by atoms with van der Waals surface area (Å²) in [6.07, 6.45) is 3.50. The number of halogens is 1. The number of benzene rings is 1. The van der Waals surface area contributed by atoms with Crippen molar-refractivity contribution in [1.82, 2.24) is 5.32 Å². The summed E-state index contributed by atoms with van der Waals surface area (Å²) in [5.41, 5.74) is 1.49. The van der Waals surface area contributed by atoms with Gasteiger partial charge in [0.15, 0.2) is 0 Å². The molecule has 0 unspecified atom stereocenters. The maximum absolute atomic E-state index is 11.9. The smallest absolute Gasteiger partial charge is 0.217 e. The zero-order valence-electron chi connectivity index (χ0n) is 16.0. The number of rotatable bonds is 3. The SMILES string of the molecule is COc1ccc([C@H]2OCC[C@@]34C[C@@H](C[C@H]23)C(C)(C)[C@H]4NC(C)=O)cc1Br. The van der Waals surface area contributed by atoms with Gasteiger partial charge in [-0.1, -0.05) is 19.9 Å². The van der Waals surface area contributed by atoms with Gasteiger partial charge in [-0.2, -0.15) is 0 Å². The molecule has 1 amide bonds. The molecule has 2 aliphatic carbocycles. The molecule has 5 heteroatoms. The molecule has 1 aromatic rings. The Morgan fingerprint density at radius 2 is 2.15 bits per heavy atom. The Labute approximate surface area is 164 Å². The molecule has 4 rings (SSSR count). The second-order valence-electron chi connectivity index (χ2n) is 8.87. The lowest BCUT2D eigenvalue weighted by molar-refractivity contribution is -0.136. The number of ether oxygens (including phenoxy) is 2. The largest absolute Gasteiger partial charge is 0.496 e. The van der Waals surface area contributed by atoms with Crippen molar-refractivity contribution >= 4 is 21.8 Å². The lowest BCUT2D eigenvalue weighted by Gasteiger charge is -2.53. The minimum atomic E-state index is 0.0824. The minimum Gasteiger partial charge on any atom is -0.496 e. The minimum absolute atomic E-state index is 0.0824. The fourth-order valence-corrected chi connectivity index (χ4v) is 6.74. The Morgan fingerprint density at radius 1 is 1.38 bits per heavy atom. The molecule has 2 bridgehead atoms. The first-order valence-electron chi connectivity index (χ1n) is 9.52. The highest BCUT2D eigenvalue weighted by atomic mass is 79.9. The molecule has 1 N–H and O–H groups in total. The summed E-state index contributed by atoms with van der Waals surface area (Å²) < 4.78 is 12.6. The summed E-state index contributed by atoms with van der Waals surface area (Å²) in [4.78, 5) is 11.9. The van der Waals surface area contributed by atoms with Gasteiger partial charge in [-0.05, 0) is 75.6 Å². The Morgan fingerprint density at radius 3 is 2.81 bits per heavy atom. The molecule has 5 atom stereocenters. The van der Waals surface area contributed by atoms with Crippen LogP contribution in [0.15, 0.2) is 22.7 Å². The van der Waals surface area contributed by atoms with Crippen LogP contribution in [-0.2, 0) is 9.53 Å². The monoisotopic (exact) mass is 421 g/mol. The number of nitrogens with one attached hydrogen (secondary N) is 1. The van der Waals surface area contributed by atoms with E-state index in [1.807, 2.05) is 6.07 Å². The van der Waals surface area contributed by atoms with Gasteiger partial charge in [0.2, 0.25) is 5.91 Å². The quantitative estimate of drug-likeness (QED) is 0.782. The van der Waals surface area contributed by atoms with Crippen molar-refractivity contribution in [3.05, 3.63) is 28.2 Å². The van der Waals surface area contributed by atoms with Crippen molar-refractivity contribution in [3.63, 3.8) is 0 Å². The third-order valence-electron chi connectivity index (χ3n) is 7.36. The van der Waals surface area contributed by atoms with Gasteiger partial charge in [-0.15, -0.1) is 0 Å². The first-order valence-corrected chi connectivity index (χ1v) is 10.3. The normalized spacial score (nSPS) is 37.3.